The normalized spacial score (nSPS) is 11.4. The second-order valence-electron chi connectivity index (χ2n) is 4.54. The van der Waals surface area contributed by atoms with E-state index in [4.69, 9.17) is 0 Å². The maximum absolute atomic E-state index is 4.41. The second kappa shape index (κ2) is 3.95. The Morgan fingerprint density at radius 2 is 1.26 bits per heavy atom. The Balaban J connectivity index is 1.80. The quantitative estimate of drug-likeness (QED) is 0.547. The Hall–Kier alpha value is -2.62. The van der Waals surface area contributed by atoms with E-state index in [1.165, 1.54) is 0 Å². The monoisotopic (exact) mass is 248 g/mol. The predicted octanol–water partition coefficient (Wildman–Crippen LogP) is 2.80. The molecule has 0 aliphatic carbocycles. The Kier molecular flexibility index (Phi) is 2.14. The van der Waals surface area contributed by atoms with E-state index in [0.717, 1.165) is 22.8 Å². The third-order valence-corrected chi connectivity index (χ3v) is 3.35. The lowest BCUT2D eigenvalue weighted by molar-refractivity contribution is 0.601. The van der Waals surface area contributed by atoms with Crippen LogP contribution >= 0.6 is 0 Å². The molecule has 4 aliphatic heterocycles. The van der Waals surface area contributed by atoms with Gasteiger partial charge in [0.1, 0.15) is 18.3 Å². The molecule has 19 heavy (non-hydrogen) atoms. The number of nitrogens with zero attached hydrogens (tertiary/aromatic N) is 4. The Morgan fingerprint density at radius 3 is 1.79 bits per heavy atom. The molecule has 0 bridgehead atoms. The average Bonchev–Trinajstić information content (AvgIpc) is 3.08. The molecule has 0 aromatic heterocycles. The van der Waals surface area contributed by atoms with E-state index < -0.39 is 0 Å². The van der Waals surface area contributed by atoms with Crippen molar-refractivity contribution in [2.45, 2.75) is 6.67 Å². The average molecular weight is 248 g/mol. The number of pyridine rings is 2. The molecule has 0 saturated heterocycles. The van der Waals surface area contributed by atoms with Crippen LogP contribution in [0.3, 0.4) is 0 Å². The van der Waals surface area contributed by atoms with Crippen LogP contribution in [-0.4, -0.2) is 19.1 Å². The molecular formula is C15H12N4. The molecule has 0 spiro atoms. The number of hydrogen-bond acceptors (Lipinski definition) is 2. The third kappa shape index (κ3) is 1.61. The van der Waals surface area contributed by atoms with Gasteiger partial charge in [0.05, 0.1) is 0 Å². The van der Waals surface area contributed by atoms with Gasteiger partial charge in [0, 0.05) is 35.9 Å². The molecule has 0 fully saturated rings. The van der Waals surface area contributed by atoms with Crippen LogP contribution in [-0.2, 0) is 6.67 Å². The molecule has 0 saturated carbocycles. The SMILES string of the molecule is c1cc2ccnc-2n(Cn2cccc3ccnc2-3)c1. The van der Waals surface area contributed by atoms with Gasteiger partial charge in [0.2, 0.25) is 0 Å². The molecular weight excluding hydrogens is 236 g/mol. The summed E-state index contributed by atoms with van der Waals surface area (Å²) < 4.78 is 4.26. The molecule has 0 amide bonds. The van der Waals surface area contributed by atoms with Crippen molar-refractivity contribution >= 4 is 0 Å². The minimum atomic E-state index is 0.711. The van der Waals surface area contributed by atoms with E-state index in [1.807, 2.05) is 49.1 Å². The van der Waals surface area contributed by atoms with Gasteiger partial charge in [-0.15, -0.1) is 0 Å². The van der Waals surface area contributed by atoms with Gasteiger partial charge >= 0.3 is 0 Å². The number of hydrogen-bond donors (Lipinski definition) is 0. The number of fused-ring (bicyclic) bond motifs is 2. The van der Waals surface area contributed by atoms with Crippen molar-refractivity contribution in [1.29, 1.82) is 0 Å². The van der Waals surface area contributed by atoms with E-state index in [0.29, 0.717) is 6.67 Å². The van der Waals surface area contributed by atoms with Crippen LogP contribution in [0.25, 0.3) is 22.8 Å². The van der Waals surface area contributed by atoms with Gasteiger partial charge in [-0.1, -0.05) is 0 Å². The topological polar surface area (TPSA) is 35.6 Å². The second-order valence-corrected chi connectivity index (χ2v) is 4.54. The van der Waals surface area contributed by atoms with Gasteiger partial charge in [-0.05, 0) is 36.4 Å². The molecule has 0 N–H and O–H groups in total. The molecule has 4 aliphatic rings. The zero-order chi connectivity index (χ0) is 12.7. The van der Waals surface area contributed by atoms with Crippen LogP contribution in [0, 0.1) is 0 Å². The van der Waals surface area contributed by atoms with Crippen molar-refractivity contribution < 1.29 is 0 Å². The van der Waals surface area contributed by atoms with Gasteiger partial charge in [0.15, 0.2) is 0 Å². The minimum Gasteiger partial charge on any atom is -0.314 e. The highest BCUT2D eigenvalue weighted by Gasteiger charge is 2.10. The first-order valence-corrected chi connectivity index (χ1v) is 6.21. The van der Waals surface area contributed by atoms with Crippen molar-refractivity contribution in [3.05, 3.63) is 61.2 Å². The summed E-state index contributed by atoms with van der Waals surface area (Å²) in [5.74, 6) is 2.00. The van der Waals surface area contributed by atoms with Crippen molar-refractivity contribution in [2.75, 3.05) is 0 Å². The Bertz CT molecular complexity index is 702. The number of aromatic nitrogens is 4. The first kappa shape index (κ1) is 10.3. The summed E-state index contributed by atoms with van der Waals surface area (Å²) in [6.45, 7) is 0.711. The molecule has 0 unspecified atom stereocenters. The summed E-state index contributed by atoms with van der Waals surface area (Å²) in [6, 6.07) is 12.3. The molecule has 92 valence electrons. The van der Waals surface area contributed by atoms with Crippen LogP contribution in [0.5, 0.6) is 0 Å². The van der Waals surface area contributed by atoms with Crippen molar-refractivity contribution in [3.8, 4) is 22.8 Å². The summed E-state index contributed by atoms with van der Waals surface area (Å²) in [7, 11) is 0. The lowest BCUT2D eigenvalue weighted by Gasteiger charge is -2.16. The fourth-order valence-corrected chi connectivity index (χ4v) is 2.45. The highest BCUT2D eigenvalue weighted by Crippen LogP contribution is 2.22. The summed E-state index contributed by atoms with van der Waals surface area (Å²) in [4.78, 5) is 8.82. The molecule has 0 radical (unpaired) electrons. The van der Waals surface area contributed by atoms with Gasteiger partial charge in [-0.3, -0.25) is 0 Å². The fourth-order valence-electron chi connectivity index (χ4n) is 2.45. The predicted molar refractivity (Wildman–Crippen MR) is 73.1 cm³/mol. The number of rotatable bonds is 2. The zero-order valence-electron chi connectivity index (χ0n) is 10.3. The Morgan fingerprint density at radius 1 is 0.737 bits per heavy atom. The van der Waals surface area contributed by atoms with E-state index in [2.05, 4.69) is 31.2 Å². The third-order valence-electron chi connectivity index (χ3n) is 3.35. The van der Waals surface area contributed by atoms with Crippen LogP contribution in [0.1, 0.15) is 0 Å². The summed E-state index contributed by atoms with van der Waals surface area (Å²) in [6.07, 6.45) is 7.77. The van der Waals surface area contributed by atoms with Gasteiger partial charge in [-0.2, -0.15) is 0 Å². The Labute approximate surface area is 110 Å². The molecule has 0 atom stereocenters. The van der Waals surface area contributed by atoms with Crippen molar-refractivity contribution in [2.24, 2.45) is 0 Å². The molecule has 0 aromatic rings. The highest BCUT2D eigenvalue weighted by molar-refractivity contribution is 5.58. The molecule has 4 nitrogen and oxygen atoms in total. The minimum absolute atomic E-state index is 0.711. The molecule has 4 heterocycles. The van der Waals surface area contributed by atoms with Crippen LogP contribution < -0.4 is 0 Å². The van der Waals surface area contributed by atoms with Gasteiger partial charge < -0.3 is 9.13 Å². The van der Waals surface area contributed by atoms with Crippen LogP contribution in [0.4, 0.5) is 0 Å². The molecule has 0 aromatic carbocycles. The summed E-state index contributed by atoms with van der Waals surface area (Å²) >= 11 is 0. The largest absolute Gasteiger partial charge is 0.314 e. The van der Waals surface area contributed by atoms with Crippen molar-refractivity contribution in [1.82, 2.24) is 19.1 Å². The zero-order valence-corrected chi connectivity index (χ0v) is 10.3. The van der Waals surface area contributed by atoms with Crippen molar-refractivity contribution in [3.63, 3.8) is 0 Å². The van der Waals surface area contributed by atoms with E-state index in [-0.39, 0.29) is 0 Å². The van der Waals surface area contributed by atoms with Crippen LogP contribution in [0.15, 0.2) is 61.2 Å². The maximum atomic E-state index is 4.41. The standard InChI is InChI=1S/C15H12N4/c1-3-12-5-7-16-14(12)18(9-1)11-19-10-2-4-13-6-8-17-15(13)19/h1-10H,11H2. The summed E-state index contributed by atoms with van der Waals surface area (Å²) in [5, 5.41) is 0. The van der Waals surface area contributed by atoms with E-state index in [1.54, 1.807) is 0 Å². The van der Waals surface area contributed by atoms with Gasteiger partial charge in [-0.25, -0.2) is 9.97 Å². The lowest BCUT2D eigenvalue weighted by atomic mass is 10.2. The van der Waals surface area contributed by atoms with E-state index in [9.17, 15) is 0 Å². The highest BCUT2D eigenvalue weighted by atomic mass is 15.2. The fraction of sp³-hybridized carbons (Fsp3) is 0.0667. The molecule has 4 rings (SSSR count). The van der Waals surface area contributed by atoms with E-state index >= 15 is 0 Å². The van der Waals surface area contributed by atoms with Gasteiger partial charge in [0.25, 0.3) is 0 Å². The van der Waals surface area contributed by atoms with Crippen LogP contribution in [0.2, 0.25) is 0 Å². The summed E-state index contributed by atoms with van der Waals surface area (Å²) in [5.41, 5.74) is 2.32. The first-order chi connectivity index (χ1) is 9.42. The smallest absolute Gasteiger partial charge is 0.141 e. The molecule has 4 heteroatoms. The lowest BCUT2D eigenvalue weighted by Crippen LogP contribution is -2.13. The maximum Gasteiger partial charge on any atom is 0.141 e. The first-order valence-electron chi connectivity index (χ1n) is 6.21.